The lowest BCUT2D eigenvalue weighted by molar-refractivity contribution is 0.890. The first kappa shape index (κ1) is 23.9. The third kappa shape index (κ3) is 4.97. The Morgan fingerprint density at radius 1 is 0.971 bits per heavy atom. The average Bonchev–Trinajstić information content (AvgIpc) is 2.85. The van der Waals surface area contributed by atoms with Crippen molar-refractivity contribution >= 4 is 36.7 Å². The summed E-state index contributed by atoms with van der Waals surface area (Å²) >= 11 is 0. The molecule has 1 aromatic heterocycles. The molecule has 4 rings (SSSR count). The van der Waals surface area contributed by atoms with Crippen LogP contribution in [-0.2, 0) is 13.1 Å². The number of allylic oxidation sites excluding steroid dienone is 1. The molecule has 1 unspecified atom stereocenters. The maximum atomic E-state index is 5.73. The van der Waals surface area contributed by atoms with Gasteiger partial charge in [0, 0.05) is 35.3 Å². The van der Waals surface area contributed by atoms with Crippen LogP contribution in [0.15, 0.2) is 79.4 Å². The summed E-state index contributed by atoms with van der Waals surface area (Å²) in [7, 11) is 2.80. The molecular weight excluding hydrogens is 433 g/mol. The molecule has 1 atom stereocenters. The first-order valence-electron chi connectivity index (χ1n) is 11.6. The summed E-state index contributed by atoms with van der Waals surface area (Å²) in [6.45, 7) is 12.0. The number of nitrogens with two attached hydrogens (primary N) is 1. The highest BCUT2D eigenvalue weighted by Crippen LogP contribution is 2.31. The molecule has 3 aromatic carbocycles. The molecule has 3 N–H and O–H groups in total. The lowest BCUT2D eigenvalue weighted by Gasteiger charge is -2.17. The van der Waals surface area contributed by atoms with Crippen molar-refractivity contribution in [2.75, 3.05) is 0 Å². The Balaban J connectivity index is 1.76. The van der Waals surface area contributed by atoms with Gasteiger partial charge in [-0.3, -0.25) is 0 Å². The number of hydrogen-bond acceptors (Lipinski definition) is 3. The van der Waals surface area contributed by atoms with Gasteiger partial charge in [0.15, 0.2) is 0 Å². The Labute approximate surface area is 205 Å². The molecule has 172 valence electrons. The Morgan fingerprint density at radius 2 is 1.71 bits per heavy atom. The summed E-state index contributed by atoms with van der Waals surface area (Å²) in [5.74, 6) is 0. The minimum Gasteiger partial charge on any atom is -0.381 e. The number of hydrogen-bond donors (Lipinski definition) is 2. The van der Waals surface area contributed by atoms with Crippen LogP contribution < -0.4 is 16.4 Å². The molecule has 0 fully saturated rings. The molecule has 0 aliphatic heterocycles. The van der Waals surface area contributed by atoms with Gasteiger partial charge in [-0.1, -0.05) is 67.3 Å². The van der Waals surface area contributed by atoms with Crippen molar-refractivity contribution < 1.29 is 0 Å². The minimum atomic E-state index is 0.554. The number of nitrogens with one attached hydrogen (secondary N) is 1. The van der Waals surface area contributed by atoms with E-state index in [-0.39, 0.29) is 0 Å². The highest BCUT2D eigenvalue weighted by Gasteiger charge is 2.15. The van der Waals surface area contributed by atoms with Crippen molar-refractivity contribution in [2.24, 2.45) is 5.73 Å². The summed E-state index contributed by atoms with van der Waals surface area (Å²) in [6, 6.07) is 23.3. The maximum Gasteiger partial charge on any atom is 0.0745 e. The van der Waals surface area contributed by atoms with Gasteiger partial charge in [0.2, 0.25) is 0 Å². The van der Waals surface area contributed by atoms with E-state index in [2.05, 4.69) is 115 Å². The van der Waals surface area contributed by atoms with Gasteiger partial charge in [0.05, 0.1) is 11.2 Å². The van der Waals surface area contributed by atoms with E-state index < -0.39 is 0 Å². The molecule has 0 aliphatic carbocycles. The van der Waals surface area contributed by atoms with E-state index in [1.54, 1.807) is 0 Å². The van der Waals surface area contributed by atoms with Gasteiger partial charge < -0.3 is 11.1 Å². The minimum absolute atomic E-state index is 0.554. The largest absolute Gasteiger partial charge is 0.381 e. The molecule has 0 spiro atoms. The molecule has 0 aliphatic rings. The zero-order chi connectivity index (χ0) is 24.2. The lowest BCUT2D eigenvalue weighted by Crippen LogP contribution is -2.12. The van der Waals surface area contributed by atoms with Crippen molar-refractivity contribution in [1.82, 2.24) is 10.3 Å². The average molecular weight is 466 g/mol. The first-order valence-corrected chi connectivity index (χ1v) is 12.1. The van der Waals surface area contributed by atoms with Crippen LogP contribution >= 0.6 is 9.24 Å². The second kappa shape index (κ2) is 10.3. The second-order valence-electron chi connectivity index (χ2n) is 8.66. The standard InChI is InChI=1S/C30H32N3P/c1-5-25(27-15-24(34)14-9-19(27)2)29-16-28(26-8-6-7-20(3)30(26)33-29)21(4)32-18-23-12-10-22(17-31)11-13-23/h5-16,32H,4,17-18,31,34H2,1-3H3/b25-5+. The molecule has 0 amide bonds. The van der Waals surface area contributed by atoms with Crippen LogP contribution in [0.2, 0.25) is 0 Å². The van der Waals surface area contributed by atoms with E-state index in [9.17, 15) is 0 Å². The van der Waals surface area contributed by atoms with Crippen LogP contribution in [0.3, 0.4) is 0 Å². The molecule has 0 saturated carbocycles. The number of pyridine rings is 1. The van der Waals surface area contributed by atoms with Crippen molar-refractivity contribution in [3.8, 4) is 0 Å². The van der Waals surface area contributed by atoms with Crippen LogP contribution in [0.1, 0.15) is 46.0 Å². The van der Waals surface area contributed by atoms with Gasteiger partial charge in [0.1, 0.15) is 0 Å². The predicted molar refractivity (Wildman–Crippen MR) is 150 cm³/mol. The fraction of sp³-hybridized carbons (Fsp3) is 0.167. The van der Waals surface area contributed by atoms with E-state index in [4.69, 9.17) is 10.7 Å². The van der Waals surface area contributed by atoms with Crippen LogP contribution in [0.25, 0.3) is 22.2 Å². The molecule has 1 heterocycles. The summed E-state index contributed by atoms with van der Waals surface area (Å²) in [5, 5.41) is 5.79. The zero-order valence-corrected chi connectivity index (χ0v) is 21.3. The van der Waals surface area contributed by atoms with Gasteiger partial charge in [-0.25, -0.2) is 4.98 Å². The molecule has 0 saturated heterocycles. The van der Waals surface area contributed by atoms with Crippen LogP contribution in [-0.4, -0.2) is 4.98 Å². The van der Waals surface area contributed by atoms with Crippen molar-refractivity contribution in [3.63, 3.8) is 0 Å². The molecule has 0 radical (unpaired) electrons. The Hall–Kier alpha value is -3.26. The SMILES string of the molecule is C=C(NCc1ccc(CN)cc1)c1cc(/C(=C/C)c2cc(P)ccc2C)nc2c(C)cccc12. The summed E-state index contributed by atoms with van der Waals surface area (Å²) in [5.41, 5.74) is 16.7. The Bertz CT molecular complexity index is 1380. The molecular formula is C30H32N3P. The van der Waals surface area contributed by atoms with E-state index in [0.29, 0.717) is 13.1 Å². The first-order chi connectivity index (χ1) is 16.4. The van der Waals surface area contributed by atoms with Crippen LogP contribution in [0.5, 0.6) is 0 Å². The van der Waals surface area contributed by atoms with E-state index >= 15 is 0 Å². The van der Waals surface area contributed by atoms with E-state index in [1.165, 1.54) is 16.7 Å². The number of fused-ring (bicyclic) bond motifs is 1. The number of aromatic nitrogens is 1. The third-order valence-electron chi connectivity index (χ3n) is 6.25. The van der Waals surface area contributed by atoms with E-state index in [1.807, 2.05) is 0 Å². The monoisotopic (exact) mass is 465 g/mol. The number of aryl methyl sites for hydroxylation is 2. The van der Waals surface area contributed by atoms with Gasteiger partial charge in [0.25, 0.3) is 0 Å². The number of para-hydroxylation sites is 1. The molecule has 34 heavy (non-hydrogen) atoms. The van der Waals surface area contributed by atoms with Gasteiger partial charge in [-0.05, 0) is 66.0 Å². The lowest BCUT2D eigenvalue weighted by atomic mass is 9.94. The Kier molecular flexibility index (Phi) is 7.26. The predicted octanol–water partition coefficient (Wildman–Crippen LogP) is 6.02. The Morgan fingerprint density at radius 3 is 2.41 bits per heavy atom. The number of nitrogens with zero attached hydrogens (tertiary/aromatic N) is 1. The molecule has 3 nitrogen and oxygen atoms in total. The normalized spacial score (nSPS) is 11.6. The van der Waals surface area contributed by atoms with Crippen molar-refractivity contribution in [3.05, 3.63) is 118 Å². The number of rotatable bonds is 7. The van der Waals surface area contributed by atoms with Crippen LogP contribution in [0, 0.1) is 13.8 Å². The summed E-state index contributed by atoms with van der Waals surface area (Å²) < 4.78 is 0. The highest BCUT2D eigenvalue weighted by atomic mass is 31.0. The molecule has 4 aromatic rings. The second-order valence-corrected chi connectivity index (χ2v) is 9.32. The zero-order valence-electron chi connectivity index (χ0n) is 20.2. The van der Waals surface area contributed by atoms with Gasteiger partial charge in [-0.15, -0.1) is 9.24 Å². The number of benzene rings is 3. The smallest absolute Gasteiger partial charge is 0.0745 e. The quantitative estimate of drug-likeness (QED) is 0.328. The van der Waals surface area contributed by atoms with E-state index in [0.717, 1.165) is 49.9 Å². The molecule has 4 heteroatoms. The maximum absolute atomic E-state index is 5.73. The highest BCUT2D eigenvalue weighted by molar-refractivity contribution is 7.27. The fourth-order valence-electron chi connectivity index (χ4n) is 4.25. The summed E-state index contributed by atoms with van der Waals surface area (Å²) in [6.07, 6.45) is 2.15. The molecule has 0 bridgehead atoms. The third-order valence-corrected chi connectivity index (χ3v) is 6.61. The summed E-state index contributed by atoms with van der Waals surface area (Å²) in [4.78, 5) is 5.12. The van der Waals surface area contributed by atoms with Gasteiger partial charge >= 0.3 is 0 Å². The van der Waals surface area contributed by atoms with Gasteiger partial charge in [-0.2, -0.15) is 0 Å². The fourth-order valence-corrected chi connectivity index (χ4v) is 4.51. The topological polar surface area (TPSA) is 50.9 Å². The van der Waals surface area contributed by atoms with Crippen molar-refractivity contribution in [1.29, 1.82) is 0 Å². The van der Waals surface area contributed by atoms with Crippen molar-refractivity contribution in [2.45, 2.75) is 33.9 Å². The van der Waals surface area contributed by atoms with Crippen LogP contribution in [0.4, 0.5) is 0 Å².